The van der Waals surface area contributed by atoms with Gasteiger partial charge in [-0.05, 0) is 54.4 Å². The van der Waals surface area contributed by atoms with Crippen molar-refractivity contribution in [2.24, 2.45) is 5.92 Å². The molecule has 4 heteroatoms. The van der Waals surface area contributed by atoms with Crippen molar-refractivity contribution in [2.75, 3.05) is 11.5 Å². The predicted molar refractivity (Wildman–Crippen MR) is 71.2 cm³/mol. The minimum absolute atomic E-state index is 0.136. The minimum atomic E-state index is -0.408. The number of benzene rings is 1. The number of aliphatic hydroxyl groups is 1. The molecule has 0 saturated carbocycles. The molecule has 1 aliphatic rings. The molecule has 0 bridgehead atoms. The van der Waals surface area contributed by atoms with Gasteiger partial charge in [0.1, 0.15) is 5.82 Å². The molecular formula is C13H16ClFOS. The first-order chi connectivity index (χ1) is 8.16. The Labute approximate surface area is 110 Å². The molecule has 1 saturated heterocycles. The van der Waals surface area contributed by atoms with Crippen LogP contribution < -0.4 is 0 Å². The molecule has 1 heterocycles. The van der Waals surface area contributed by atoms with Crippen molar-refractivity contribution < 1.29 is 9.50 Å². The van der Waals surface area contributed by atoms with Crippen molar-refractivity contribution in [3.05, 3.63) is 34.6 Å². The Morgan fingerprint density at radius 2 is 2.35 bits per heavy atom. The SMILES string of the molecule is OC(Cc1ccc(Cl)c(F)c1)C1CCCSC1. The summed E-state index contributed by atoms with van der Waals surface area (Å²) in [6.07, 6.45) is 2.38. The van der Waals surface area contributed by atoms with Crippen LogP contribution in [0.2, 0.25) is 5.02 Å². The third-order valence-corrected chi connectivity index (χ3v) is 4.72. The lowest BCUT2D eigenvalue weighted by molar-refractivity contribution is 0.112. The van der Waals surface area contributed by atoms with Crippen molar-refractivity contribution in [3.63, 3.8) is 0 Å². The molecule has 0 aromatic heterocycles. The van der Waals surface area contributed by atoms with Crippen LogP contribution in [0, 0.1) is 11.7 Å². The number of aliphatic hydroxyl groups excluding tert-OH is 1. The summed E-state index contributed by atoms with van der Waals surface area (Å²) in [5, 5.41) is 10.3. The van der Waals surface area contributed by atoms with E-state index in [-0.39, 0.29) is 11.1 Å². The molecule has 1 aromatic rings. The summed E-state index contributed by atoms with van der Waals surface area (Å²) in [7, 11) is 0. The Morgan fingerprint density at radius 3 is 3.00 bits per heavy atom. The maximum Gasteiger partial charge on any atom is 0.142 e. The smallest absolute Gasteiger partial charge is 0.142 e. The molecule has 2 rings (SSSR count). The van der Waals surface area contributed by atoms with Gasteiger partial charge in [-0.1, -0.05) is 17.7 Å². The summed E-state index contributed by atoms with van der Waals surface area (Å²) in [6.45, 7) is 0. The lowest BCUT2D eigenvalue weighted by atomic mass is 9.93. The van der Waals surface area contributed by atoms with Crippen LogP contribution in [-0.4, -0.2) is 22.7 Å². The van der Waals surface area contributed by atoms with Gasteiger partial charge in [-0.3, -0.25) is 0 Å². The zero-order valence-corrected chi connectivity index (χ0v) is 11.1. The molecule has 1 aliphatic heterocycles. The van der Waals surface area contributed by atoms with E-state index < -0.39 is 5.82 Å². The van der Waals surface area contributed by atoms with Gasteiger partial charge in [-0.15, -0.1) is 0 Å². The second-order valence-electron chi connectivity index (χ2n) is 4.50. The van der Waals surface area contributed by atoms with E-state index in [1.807, 2.05) is 11.8 Å². The summed E-state index contributed by atoms with van der Waals surface area (Å²) < 4.78 is 13.3. The van der Waals surface area contributed by atoms with Crippen LogP contribution in [0.5, 0.6) is 0 Å². The van der Waals surface area contributed by atoms with Crippen LogP contribution in [-0.2, 0) is 6.42 Å². The molecule has 1 fully saturated rings. The molecule has 1 nitrogen and oxygen atoms in total. The average Bonchev–Trinajstić information content (AvgIpc) is 2.35. The fourth-order valence-corrected chi connectivity index (χ4v) is 3.49. The van der Waals surface area contributed by atoms with Gasteiger partial charge in [0.05, 0.1) is 11.1 Å². The van der Waals surface area contributed by atoms with Crippen LogP contribution in [0.25, 0.3) is 0 Å². The monoisotopic (exact) mass is 274 g/mol. The average molecular weight is 275 g/mol. The van der Waals surface area contributed by atoms with Crippen molar-refractivity contribution in [3.8, 4) is 0 Å². The Morgan fingerprint density at radius 1 is 1.53 bits per heavy atom. The van der Waals surface area contributed by atoms with Crippen molar-refractivity contribution in [1.29, 1.82) is 0 Å². The predicted octanol–water partition coefficient (Wildman–Crippen LogP) is 3.53. The Hall–Kier alpha value is -0.250. The van der Waals surface area contributed by atoms with E-state index in [2.05, 4.69) is 0 Å². The molecule has 2 atom stereocenters. The summed E-state index contributed by atoms with van der Waals surface area (Å²) >= 11 is 7.52. The molecule has 17 heavy (non-hydrogen) atoms. The summed E-state index contributed by atoms with van der Waals surface area (Å²) in [5.41, 5.74) is 0.815. The summed E-state index contributed by atoms with van der Waals surface area (Å²) in [5.74, 6) is 2.14. The molecular weight excluding hydrogens is 259 g/mol. The van der Waals surface area contributed by atoms with Crippen LogP contribution in [0.15, 0.2) is 18.2 Å². The molecule has 0 spiro atoms. The van der Waals surface area contributed by atoms with Crippen LogP contribution in [0.4, 0.5) is 4.39 Å². The molecule has 0 aliphatic carbocycles. The quantitative estimate of drug-likeness (QED) is 0.910. The normalized spacial score (nSPS) is 22.4. The third kappa shape index (κ3) is 3.60. The number of rotatable bonds is 3. The maximum absolute atomic E-state index is 13.3. The number of thioether (sulfide) groups is 1. The highest BCUT2D eigenvalue weighted by atomic mass is 35.5. The van der Waals surface area contributed by atoms with Gasteiger partial charge >= 0.3 is 0 Å². The second-order valence-corrected chi connectivity index (χ2v) is 6.05. The third-order valence-electron chi connectivity index (χ3n) is 3.17. The fraction of sp³-hybridized carbons (Fsp3) is 0.538. The van der Waals surface area contributed by atoms with Crippen molar-refractivity contribution >= 4 is 23.4 Å². The first-order valence-electron chi connectivity index (χ1n) is 5.86. The van der Waals surface area contributed by atoms with Gasteiger partial charge in [-0.25, -0.2) is 4.39 Å². The molecule has 1 N–H and O–H groups in total. The largest absolute Gasteiger partial charge is 0.392 e. The molecule has 1 aromatic carbocycles. The van der Waals surface area contributed by atoms with Crippen LogP contribution in [0.1, 0.15) is 18.4 Å². The van der Waals surface area contributed by atoms with Crippen LogP contribution >= 0.6 is 23.4 Å². The fourth-order valence-electron chi connectivity index (χ4n) is 2.14. The van der Waals surface area contributed by atoms with Crippen molar-refractivity contribution in [1.82, 2.24) is 0 Å². The van der Waals surface area contributed by atoms with E-state index in [9.17, 15) is 9.50 Å². The number of halogens is 2. The highest BCUT2D eigenvalue weighted by Crippen LogP contribution is 2.27. The maximum atomic E-state index is 13.3. The summed E-state index contributed by atoms with van der Waals surface area (Å²) in [6, 6.07) is 4.75. The lowest BCUT2D eigenvalue weighted by Crippen LogP contribution is -2.27. The zero-order valence-electron chi connectivity index (χ0n) is 9.53. The van der Waals surface area contributed by atoms with Crippen LogP contribution in [0.3, 0.4) is 0 Å². The Kier molecular flexibility index (Phi) is 4.71. The van der Waals surface area contributed by atoms with E-state index in [0.29, 0.717) is 12.3 Å². The van der Waals surface area contributed by atoms with E-state index >= 15 is 0 Å². The molecule has 0 radical (unpaired) electrons. The van der Waals surface area contributed by atoms with Gasteiger partial charge in [0.2, 0.25) is 0 Å². The number of hydrogen-bond donors (Lipinski definition) is 1. The zero-order chi connectivity index (χ0) is 12.3. The molecule has 0 amide bonds. The summed E-state index contributed by atoms with van der Waals surface area (Å²) in [4.78, 5) is 0. The lowest BCUT2D eigenvalue weighted by Gasteiger charge is -2.26. The van der Waals surface area contributed by atoms with E-state index in [1.54, 1.807) is 12.1 Å². The van der Waals surface area contributed by atoms with E-state index in [1.165, 1.54) is 18.2 Å². The Bertz CT molecular complexity index is 380. The topological polar surface area (TPSA) is 20.2 Å². The number of hydrogen-bond acceptors (Lipinski definition) is 2. The van der Waals surface area contributed by atoms with Gasteiger partial charge in [-0.2, -0.15) is 11.8 Å². The standard InChI is InChI=1S/C13H16ClFOS/c14-11-4-3-9(6-12(11)15)7-13(16)10-2-1-5-17-8-10/h3-4,6,10,13,16H,1-2,5,7-8H2. The van der Waals surface area contributed by atoms with E-state index in [0.717, 1.165) is 17.7 Å². The van der Waals surface area contributed by atoms with Gasteiger partial charge in [0.15, 0.2) is 0 Å². The second kappa shape index (κ2) is 6.07. The molecule has 94 valence electrons. The Balaban J connectivity index is 1.96. The minimum Gasteiger partial charge on any atom is -0.392 e. The van der Waals surface area contributed by atoms with Gasteiger partial charge in [0.25, 0.3) is 0 Å². The van der Waals surface area contributed by atoms with E-state index in [4.69, 9.17) is 11.6 Å². The first kappa shape index (κ1) is 13.2. The highest BCUT2D eigenvalue weighted by Gasteiger charge is 2.22. The first-order valence-corrected chi connectivity index (χ1v) is 7.40. The molecule has 2 unspecified atom stereocenters. The van der Waals surface area contributed by atoms with Crippen molar-refractivity contribution in [2.45, 2.75) is 25.4 Å². The highest BCUT2D eigenvalue weighted by molar-refractivity contribution is 7.99. The van der Waals surface area contributed by atoms with Gasteiger partial charge < -0.3 is 5.11 Å². The van der Waals surface area contributed by atoms with Gasteiger partial charge in [0, 0.05) is 0 Å².